The molecule has 0 saturated heterocycles. The molecule has 0 N–H and O–H groups in total. The Labute approximate surface area is 241 Å². The van der Waals surface area contributed by atoms with Crippen LogP contribution in [0, 0.1) is 0 Å². The summed E-state index contributed by atoms with van der Waals surface area (Å²) >= 11 is 10.1. The predicted molar refractivity (Wildman–Crippen MR) is 160 cm³/mol. The van der Waals surface area contributed by atoms with Crippen LogP contribution in [0.3, 0.4) is 0 Å². The molecule has 0 aliphatic heterocycles. The summed E-state index contributed by atoms with van der Waals surface area (Å²) in [6, 6.07) is 12.3. The van der Waals surface area contributed by atoms with Crippen molar-refractivity contribution in [1.82, 2.24) is 9.13 Å². The summed E-state index contributed by atoms with van der Waals surface area (Å²) in [6.07, 6.45) is 5.46. The zero-order valence-electron chi connectivity index (χ0n) is 21.0. The number of rotatable bonds is 10. The van der Waals surface area contributed by atoms with Gasteiger partial charge in [-0.05, 0) is 63.1 Å². The number of thiazole rings is 2. The van der Waals surface area contributed by atoms with E-state index in [4.69, 9.17) is 0 Å². The number of benzene rings is 2. The maximum absolute atomic E-state index is 12.5. The first-order chi connectivity index (χ1) is 17.9. The van der Waals surface area contributed by atoms with Gasteiger partial charge in [0.1, 0.15) is 0 Å². The van der Waals surface area contributed by atoms with Crippen LogP contribution < -0.4 is 9.60 Å². The standard InChI is InChI=1S/C27H30Br2N4O2S2/c1-3-32-20-14-12-18(28)16-22(20)36-26(32)30-24(34)10-8-6-5-7-9-11-25(35)31-27-33(4-2)21-15-13-19(29)17-23(21)37-27/h12-17H,3-11H2,1-2H3. The number of hydrogen-bond acceptors (Lipinski definition) is 4. The maximum atomic E-state index is 12.5. The Hall–Kier alpha value is -1.88. The lowest BCUT2D eigenvalue weighted by atomic mass is 10.1. The molecule has 0 aliphatic carbocycles. The second kappa shape index (κ2) is 13.3. The van der Waals surface area contributed by atoms with Crippen molar-refractivity contribution in [2.45, 2.75) is 71.9 Å². The molecule has 0 aliphatic rings. The number of aryl methyl sites for hydroxylation is 2. The third kappa shape index (κ3) is 7.16. The molecule has 2 aromatic heterocycles. The normalized spacial score (nSPS) is 12.8. The van der Waals surface area contributed by atoms with Crippen molar-refractivity contribution in [1.29, 1.82) is 0 Å². The number of carbonyl (C=O) groups is 2. The van der Waals surface area contributed by atoms with E-state index in [1.54, 1.807) is 22.7 Å². The molecule has 2 aromatic carbocycles. The highest BCUT2D eigenvalue weighted by atomic mass is 79.9. The van der Waals surface area contributed by atoms with Gasteiger partial charge in [0.25, 0.3) is 0 Å². The molecular weight excluding hydrogens is 636 g/mol. The number of nitrogens with zero attached hydrogens (tertiary/aromatic N) is 4. The Kier molecular flexibility index (Phi) is 10.1. The van der Waals surface area contributed by atoms with Crippen molar-refractivity contribution < 1.29 is 9.59 Å². The highest BCUT2D eigenvalue weighted by Gasteiger charge is 2.09. The molecule has 0 radical (unpaired) electrons. The Morgan fingerprint density at radius 1 is 0.703 bits per heavy atom. The quantitative estimate of drug-likeness (QED) is 0.164. The molecule has 37 heavy (non-hydrogen) atoms. The van der Waals surface area contributed by atoms with Crippen molar-refractivity contribution in [3.05, 3.63) is 54.9 Å². The van der Waals surface area contributed by atoms with Crippen molar-refractivity contribution in [3.8, 4) is 0 Å². The van der Waals surface area contributed by atoms with Gasteiger partial charge in [-0.25, -0.2) is 0 Å². The average Bonchev–Trinajstić information content (AvgIpc) is 3.38. The first-order valence-electron chi connectivity index (χ1n) is 12.6. The van der Waals surface area contributed by atoms with E-state index in [0.29, 0.717) is 12.8 Å². The summed E-state index contributed by atoms with van der Waals surface area (Å²) in [5, 5.41) is 0. The fraction of sp³-hybridized carbons (Fsp3) is 0.407. The SMILES string of the molecule is CCn1c(=NC(=O)CCCCCCCC(=O)N=c2sc3cc(Br)ccc3n2CC)sc2cc(Br)ccc21. The van der Waals surface area contributed by atoms with Crippen LogP contribution in [0.25, 0.3) is 20.4 Å². The van der Waals surface area contributed by atoms with E-state index < -0.39 is 0 Å². The van der Waals surface area contributed by atoms with E-state index >= 15 is 0 Å². The predicted octanol–water partition coefficient (Wildman–Crippen LogP) is 7.57. The summed E-state index contributed by atoms with van der Waals surface area (Å²) in [6.45, 7) is 5.69. The molecule has 0 atom stereocenters. The zero-order chi connectivity index (χ0) is 26.4. The minimum absolute atomic E-state index is 0.0682. The van der Waals surface area contributed by atoms with Crippen molar-refractivity contribution in [3.63, 3.8) is 0 Å². The van der Waals surface area contributed by atoms with Gasteiger partial charge >= 0.3 is 0 Å². The van der Waals surface area contributed by atoms with Crippen LogP contribution in [-0.4, -0.2) is 20.9 Å². The fourth-order valence-corrected chi connectivity index (χ4v) is 7.61. The Bertz CT molecular complexity index is 1450. The smallest absolute Gasteiger partial charge is 0.248 e. The molecule has 0 fully saturated rings. The minimum atomic E-state index is -0.0682. The molecule has 2 amide bonds. The van der Waals surface area contributed by atoms with Crippen LogP contribution in [-0.2, 0) is 22.7 Å². The van der Waals surface area contributed by atoms with Gasteiger partial charge in [-0.15, -0.1) is 0 Å². The van der Waals surface area contributed by atoms with Gasteiger partial charge < -0.3 is 9.13 Å². The van der Waals surface area contributed by atoms with Gasteiger partial charge in [0.15, 0.2) is 9.60 Å². The monoisotopic (exact) mass is 664 g/mol. The van der Waals surface area contributed by atoms with Crippen molar-refractivity contribution in [2.75, 3.05) is 0 Å². The summed E-state index contributed by atoms with van der Waals surface area (Å²) in [5.74, 6) is -0.136. The highest BCUT2D eigenvalue weighted by Crippen LogP contribution is 2.23. The molecule has 196 valence electrons. The van der Waals surface area contributed by atoms with Crippen molar-refractivity contribution >= 4 is 86.8 Å². The maximum Gasteiger partial charge on any atom is 0.248 e. The molecule has 0 bridgehead atoms. The number of unbranched alkanes of at least 4 members (excludes halogenated alkanes) is 4. The van der Waals surface area contributed by atoms with Gasteiger partial charge in [0.05, 0.1) is 20.4 Å². The van der Waals surface area contributed by atoms with Gasteiger partial charge in [0.2, 0.25) is 11.8 Å². The second-order valence-corrected chi connectivity index (χ2v) is 12.6. The van der Waals surface area contributed by atoms with Gasteiger partial charge in [-0.3, -0.25) is 9.59 Å². The Morgan fingerprint density at radius 3 is 1.51 bits per heavy atom. The van der Waals surface area contributed by atoms with Gasteiger partial charge in [0, 0.05) is 34.9 Å². The number of halogens is 2. The van der Waals surface area contributed by atoms with E-state index in [1.165, 1.54) is 0 Å². The van der Waals surface area contributed by atoms with E-state index in [1.807, 2.05) is 12.1 Å². The summed E-state index contributed by atoms with van der Waals surface area (Å²) in [5.41, 5.74) is 2.21. The summed E-state index contributed by atoms with van der Waals surface area (Å²) < 4.78 is 8.47. The fourth-order valence-electron chi connectivity index (χ4n) is 4.28. The molecule has 6 nitrogen and oxygen atoms in total. The number of carbonyl (C=O) groups excluding carboxylic acids is 2. The summed E-state index contributed by atoms with van der Waals surface area (Å²) in [7, 11) is 0. The van der Waals surface area contributed by atoms with Gasteiger partial charge in [-0.1, -0.05) is 73.8 Å². The molecule has 2 heterocycles. The first-order valence-corrected chi connectivity index (χ1v) is 15.8. The van der Waals surface area contributed by atoms with E-state index in [9.17, 15) is 9.59 Å². The molecule has 4 aromatic rings. The molecule has 0 unspecified atom stereocenters. The molecule has 0 saturated carbocycles. The van der Waals surface area contributed by atoms with E-state index in [0.717, 1.165) is 84.2 Å². The Morgan fingerprint density at radius 2 is 1.11 bits per heavy atom. The molecule has 4 rings (SSSR count). The number of aromatic nitrogens is 2. The van der Waals surface area contributed by atoms with Crippen LogP contribution in [0.1, 0.15) is 58.8 Å². The number of amides is 2. The number of fused-ring (bicyclic) bond motifs is 2. The van der Waals surface area contributed by atoms with Crippen molar-refractivity contribution in [2.24, 2.45) is 9.98 Å². The molecule has 10 heteroatoms. The van der Waals surface area contributed by atoms with Gasteiger partial charge in [-0.2, -0.15) is 9.98 Å². The first kappa shape index (κ1) is 28.1. The van der Waals surface area contributed by atoms with E-state index in [2.05, 4.69) is 89.1 Å². The lowest BCUT2D eigenvalue weighted by molar-refractivity contribution is -0.118. The highest BCUT2D eigenvalue weighted by molar-refractivity contribution is 9.10. The number of hydrogen-bond donors (Lipinski definition) is 0. The van der Waals surface area contributed by atoms with Crippen LogP contribution in [0.2, 0.25) is 0 Å². The minimum Gasteiger partial charge on any atom is -0.317 e. The zero-order valence-corrected chi connectivity index (χ0v) is 25.8. The van der Waals surface area contributed by atoms with Crippen LogP contribution in [0.15, 0.2) is 55.3 Å². The lowest BCUT2D eigenvalue weighted by Crippen LogP contribution is -2.15. The second-order valence-electron chi connectivity index (χ2n) is 8.76. The third-order valence-corrected chi connectivity index (χ3v) is 9.21. The van der Waals surface area contributed by atoms with Crippen LogP contribution in [0.4, 0.5) is 0 Å². The topological polar surface area (TPSA) is 68.7 Å². The van der Waals surface area contributed by atoms with Crippen LogP contribution >= 0.6 is 54.5 Å². The summed E-state index contributed by atoms with van der Waals surface area (Å²) in [4.78, 5) is 35.3. The lowest BCUT2D eigenvalue weighted by Gasteiger charge is -2.01. The molecular formula is C27H30Br2N4O2S2. The largest absolute Gasteiger partial charge is 0.317 e. The van der Waals surface area contributed by atoms with Crippen LogP contribution in [0.5, 0.6) is 0 Å². The van der Waals surface area contributed by atoms with E-state index in [-0.39, 0.29) is 11.8 Å². The average molecular weight is 667 g/mol. The molecule has 0 spiro atoms. The third-order valence-electron chi connectivity index (χ3n) is 6.14. The Balaban J connectivity index is 1.22.